The van der Waals surface area contributed by atoms with Crippen LogP contribution in [0.15, 0.2) is 30.3 Å². The number of hydrogen-bond acceptors (Lipinski definition) is 4. The van der Waals surface area contributed by atoms with Crippen LogP contribution in [0.2, 0.25) is 0 Å². The summed E-state index contributed by atoms with van der Waals surface area (Å²) < 4.78 is 49.0. The van der Waals surface area contributed by atoms with Crippen LogP contribution >= 0.6 is 0 Å². The molecule has 9 heteroatoms. The number of carbonyl (C=O) groups excluding carboxylic acids is 1. The first-order valence-corrected chi connectivity index (χ1v) is 10.1. The van der Waals surface area contributed by atoms with Crippen LogP contribution in [0.4, 0.5) is 23.7 Å². The molecule has 2 aromatic rings. The van der Waals surface area contributed by atoms with Crippen molar-refractivity contribution in [2.45, 2.75) is 52.5 Å². The van der Waals surface area contributed by atoms with Crippen molar-refractivity contribution in [2.75, 3.05) is 11.4 Å². The zero-order chi connectivity index (χ0) is 23.8. The average Bonchev–Trinajstić information content (AvgIpc) is 2.66. The molecule has 1 amide bonds. The van der Waals surface area contributed by atoms with Crippen molar-refractivity contribution in [3.63, 3.8) is 0 Å². The lowest BCUT2D eigenvalue weighted by Crippen LogP contribution is -2.43. The number of aliphatic carboxylic acids is 1. The Hall–Kier alpha value is -3.23. The molecule has 0 saturated heterocycles. The van der Waals surface area contributed by atoms with Gasteiger partial charge in [-0.15, -0.1) is 13.2 Å². The summed E-state index contributed by atoms with van der Waals surface area (Å²) in [4.78, 5) is 24.8. The van der Waals surface area contributed by atoms with Crippen molar-refractivity contribution in [3.8, 4) is 16.9 Å². The lowest BCUT2D eigenvalue weighted by atomic mass is 9.88. The molecule has 0 unspecified atom stereocenters. The summed E-state index contributed by atoms with van der Waals surface area (Å²) in [6.07, 6.45) is -5.45. The maximum atomic E-state index is 13.1. The number of benzene rings is 2. The molecule has 1 aliphatic rings. The van der Waals surface area contributed by atoms with Gasteiger partial charge in [0.15, 0.2) is 0 Å². The molecule has 1 heterocycles. The molecule has 0 aliphatic carbocycles. The van der Waals surface area contributed by atoms with E-state index in [0.29, 0.717) is 28.9 Å². The number of rotatable bonds is 6. The Bertz CT molecular complexity index is 1060. The summed E-state index contributed by atoms with van der Waals surface area (Å²) in [5, 5.41) is 8.95. The summed E-state index contributed by atoms with van der Waals surface area (Å²) in [6.45, 7) is 7.34. The van der Waals surface area contributed by atoms with Gasteiger partial charge in [0.05, 0.1) is 5.69 Å². The Balaban J connectivity index is 2.21. The number of carbonyl (C=O) groups is 2. The molecule has 1 aliphatic heterocycles. The summed E-state index contributed by atoms with van der Waals surface area (Å²) in [5.41, 5.74) is 2.20. The van der Waals surface area contributed by atoms with Gasteiger partial charge in [-0.25, -0.2) is 4.79 Å². The van der Waals surface area contributed by atoms with Crippen molar-refractivity contribution in [1.82, 2.24) is 0 Å². The maximum Gasteiger partial charge on any atom is 0.573 e. The minimum atomic E-state index is -4.90. The van der Waals surface area contributed by atoms with Crippen LogP contribution in [-0.2, 0) is 21.6 Å². The standard InChI is InChI=1S/C23H24F3NO5/c1-5-27-18-12-15(13(2)10-17(18)22(3,4)32-21(27)30)16-11-14(7-9-20(28)29)6-8-19(16)31-23(24,25)26/h6,8,10-12H,5,7,9H2,1-4H3,(H,28,29). The Morgan fingerprint density at radius 3 is 2.47 bits per heavy atom. The molecule has 0 aromatic heterocycles. The van der Waals surface area contributed by atoms with Gasteiger partial charge in [0.25, 0.3) is 0 Å². The molecule has 0 radical (unpaired) electrons. The molecule has 0 saturated carbocycles. The van der Waals surface area contributed by atoms with Gasteiger partial charge in [-0.1, -0.05) is 6.07 Å². The van der Waals surface area contributed by atoms with E-state index in [1.165, 1.54) is 23.1 Å². The predicted octanol–water partition coefficient (Wildman–Crippen LogP) is 5.79. The van der Waals surface area contributed by atoms with E-state index in [0.717, 1.165) is 5.56 Å². The number of carboxylic acid groups (broad SMARTS) is 1. The second-order valence-electron chi connectivity index (χ2n) is 8.08. The van der Waals surface area contributed by atoms with Gasteiger partial charge in [0.2, 0.25) is 0 Å². The zero-order valence-electron chi connectivity index (χ0n) is 18.2. The van der Waals surface area contributed by atoms with Crippen LogP contribution in [-0.4, -0.2) is 30.1 Å². The second kappa shape index (κ2) is 8.37. The smallest absolute Gasteiger partial charge is 0.481 e. The van der Waals surface area contributed by atoms with E-state index in [1.807, 2.05) is 0 Å². The second-order valence-corrected chi connectivity index (χ2v) is 8.08. The molecule has 0 spiro atoms. The minimum Gasteiger partial charge on any atom is -0.481 e. The Morgan fingerprint density at radius 1 is 1.19 bits per heavy atom. The normalized spacial score (nSPS) is 15.2. The van der Waals surface area contributed by atoms with Crippen molar-refractivity contribution in [3.05, 3.63) is 47.0 Å². The van der Waals surface area contributed by atoms with E-state index in [2.05, 4.69) is 4.74 Å². The number of hydrogen-bond donors (Lipinski definition) is 1. The molecule has 3 rings (SSSR count). The Labute approximate surface area is 183 Å². The zero-order valence-corrected chi connectivity index (χ0v) is 18.2. The first-order valence-electron chi connectivity index (χ1n) is 10.1. The highest BCUT2D eigenvalue weighted by atomic mass is 19.4. The fourth-order valence-corrected chi connectivity index (χ4v) is 3.83. The minimum absolute atomic E-state index is 0.152. The number of ether oxygens (including phenoxy) is 2. The van der Waals surface area contributed by atoms with Gasteiger partial charge in [-0.3, -0.25) is 9.69 Å². The number of nitrogens with zero attached hydrogens (tertiary/aromatic N) is 1. The monoisotopic (exact) mass is 451 g/mol. The van der Waals surface area contributed by atoms with E-state index < -0.39 is 29.8 Å². The number of halogens is 3. The number of amides is 1. The van der Waals surface area contributed by atoms with Gasteiger partial charge < -0.3 is 14.6 Å². The average molecular weight is 451 g/mol. The number of fused-ring (bicyclic) bond motifs is 1. The highest BCUT2D eigenvalue weighted by Crippen LogP contribution is 2.44. The third-order valence-electron chi connectivity index (χ3n) is 5.35. The lowest BCUT2D eigenvalue weighted by molar-refractivity contribution is -0.274. The van der Waals surface area contributed by atoms with E-state index in [-0.39, 0.29) is 18.4 Å². The van der Waals surface area contributed by atoms with Crippen molar-refractivity contribution >= 4 is 17.7 Å². The molecule has 0 fully saturated rings. The van der Waals surface area contributed by atoms with Crippen LogP contribution in [0, 0.1) is 6.92 Å². The van der Waals surface area contributed by atoms with Gasteiger partial charge in [0.1, 0.15) is 11.4 Å². The first-order chi connectivity index (χ1) is 14.8. The van der Waals surface area contributed by atoms with Crippen LogP contribution in [0.1, 0.15) is 43.9 Å². The van der Waals surface area contributed by atoms with Crippen LogP contribution in [0.3, 0.4) is 0 Å². The van der Waals surface area contributed by atoms with Crippen LogP contribution in [0.25, 0.3) is 11.1 Å². The van der Waals surface area contributed by atoms with Crippen molar-refractivity contribution in [1.29, 1.82) is 0 Å². The number of cyclic esters (lactones) is 1. The molecule has 1 N–H and O–H groups in total. The largest absolute Gasteiger partial charge is 0.573 e. The summed E-state index contributed by atoms with van der Waals surface area (Å²) in [7, 11) is 0. The maximum absolute atomic E-state index is 13.1. The summed E-state index contributed by atoms with van der Waals surface area (Å²) >= 11 is 0. The molecule has 32 heavy (non-hydrogen) atoms. The summed E-state index contributed by atoms with van der Waals surface area (Å²) in [5.74, 6) is -1.41. The van der Waals surface area contributed by atoms with Crippen molar-refractivity contribution in [2.24, 2.45) is 0 Å². The molecular weight excluding hydrogens is 427 g/mol. The topological polar surface area (TPSA) is 76.1 Å². The molecular formula is C23H24F3NO5. The van der Waals surface area contributed by atoms with Gasteiger partial charge in [0, 0.05) is 24.1 Å². The van der Waals surface area contributed by atoms with Crippen LogP contribution < -0.4 is 9.64 Å². The number of carboxylic acids is 1. The highest BCUT2D eigenvalue weighted by molar-refractivity contribution is 5.93. The van der Waals surface area contributed by atoms with E-state index in [9.17, 15) is 22.8 Å². The van der Waals surface area contributed by atoms with E-state index in [1.54, 1.807) is 39.8 Å². The Kier molecular flexibility index (Phi) is 6.13. The third-order valence-corrected chi connectivity index (χ3v) is 5.35. The van der Waals surface area contributed by atoms with E-state index >= 15 is 0 Å². The Morgan fingerprint density at radius 2 is 1.88 bits per heavy atom. The first kappa shape index (κ1) is 23.4. The van der Waals surface area contributed by atoms with Gasteiger partial charge >= 0.3 is 18.4 Å². The van der Waals surface area contributed by atoms with Gasteiger partial charge in [-0.2, -0.15) is 0 Å². The lowest BCUT2D eigenvalue weighted by Gasteiger charge is -2.38. The van der Waals surface area contributed by atoms with E-state index in [4.69, 9.17) is 9.84 Å². The molecule has 172 valence electrons. The SMILES string of the molecule is CCN1C(=O)OC(C)(C)c2cc(C)c(-c3cc(CCC(=O)O)ccc3OC(F)(F)F)cc21. The van der Waals surface area contributed by atoms with Crippen LogP contribution in [0.5, 0.6) is 5.75 Å². The third kappa shape index (κ3) is 4.81. The predicted molar refractivity (Wildman–Crippen MR) is 112 cm³/mol. The summed E-state index contributed by atoms with van der Waals surface area (Å²) in [6, 6.07) is 7.56. The molecule has 6 nitrogen and oxygen atoms in total. The quantitative estimate of drug-likeness (QED) is 0.602. The molecule has 0 bridgehead atoms. The number of anilines is 1. The fourth-order valence-electron chi connectivity index (χ4n) is 3.83. The molecule has 2 aromatic carbocycles. The van der Waals surface area contributed by atoms with Crippen molar-refractivity contribution < 1.29 is 37.3 Å². The number of alkyl halides is 3. The highest BCUT2D eigenvalue weighted by Gasteiger charge is 2.39. The van der Waals surface area contributed by atoms with Gasteiger partial charge in [-0.05, 0) is 75.1 Å². The number of aryl methyl sites for hydroxylation is 2. The fraction of sp³-hybridized carbons (Fsp3) is 0.391. The molecule has 0 atom stereocenters.